The van der Waals surface area contributed by atoms with E-state index < -0.39 is 12.0 Å². The van der Waals surface area contributed by atoms with Gasteiger partial charge in [0.1, 0.15) is 11.8 Å². The van der Waals surface area contributed by atoms with Gasteiger partial charge in [0, 0.05) is 11.8 Å². The van der Waals surface area contributed by atoms with Gasteiger partial charge in [0.15, 0.2) is 0 Å². The lowest BCUT2D eigenvalue weighted by atomic mass is 9.93. The Kier molecular flexibility index (Phi) is 5.34. The van der Waals surface area contributed by atoms with Crippen molar-refractivity contribution in [3.05, 3.63) is 59.4 Å². The first kappa shape index (κ1) is 17.4. The monoisotopic (exact) mass is 340 g/mol. The van der Waals surface area contributed by atoms with Crippen molar-refractivity contribution in [2.45, 2.75) is 38.3 Å². The Balaban J connectivity index is 2.11. The number of rotatable bonds is 5. The van der Waals surface area contributed by atoms with Crippen LogP contribution in [0.4, 0.5) is 0 Å². The standard InChI is InChI=1S/C20H24N2O3/c1-14-10-11-16(21-13-14)19(15-7-3-4-9-18(15)25-2)22-12-6-5-8-17(22)20(23)24/h3-4,7,9-11,13,17,19H,5-6,8,12H2,1-2H3,(H,23,24). The first-order chi connectivity index (χ1) is 12.1. The molecule has 0 aliphatic carbocycles. The Bertz CT molecular complexity index is 730. The zero-order valence-electron chi connectivity index (χ0n) is 14.7. The van der Waals surface area contributed by atoms with Crippen LogP contribution >= 0.6 is 0 Å². The molecule has 0 saturated carbocycles. The number of aryl methyl sites for hydroxylation is 1. The van der Waals surface area contributed by atoms with Crippen molar-refractivity contribution in [3.63, 3.8) is 0 Å². The first-order valence-electron chi connectivity index (χ1n) is 8.66. The molecule has 1 aliphatic rings. The van der Waals surface area contributed by atoms with Gasteiger partial charge in [-0.1, -0.05) is 30.7 Å². The molecule has 25 heavy (non-hydrogen) atoms. The molecular weight excluding hydrogens is 316 g/mol. The molecular formula is C20H24N2O3. The molecule has 0 bridgehead atoms. The van der Waals surface area contributed by atoms with Gasteiger partial charge < -0.3 is 9.84 Å². The molecule has 2 unspecified atom stereocenters. The van der Waals surface area contributed by atoms with E-state index in [1.807, 2.05) is 49.5 Å². The second kappa shape index (κ2) is 7.66. The molecule has 1 aromatic carbocycles. The van der Waals surface area contributed by atoms with Gasteiger partial charge in [0.25, 0.3) is 0 Å². The van der Waals surface area contributed by atoms with E-state index >= 15 is 0 Å². The fourth-order valence-electron chi connectivity index (χ4n) is 3.57. The van der Waals surface area contributed by atoms with Crippen LogP contribution < -0.4 is 4.74 Å². The van der Waals surface area contributed by atoms with Gasteiger partial charge >= 0.3 is 5.97 Å². The number of nitrogens with zero attached hydrogens (tertiary/aromatic N) is 2. The van der Waals surface area contributed by atoms with Crippen molar-refractivity contribution in [1.29, 1.82) is 0 Å². The second-order valence-corrected chi connectivity index (χ2v) is 6.49. The minimum atomic E-state index is -0.772. The largest absolute Gasteiger partial charge is 0.496 e. The molecule has 2 heterocycles. The number of piperidine rings is 1. The Labute approximate surface area is 148 Å². The molecule has 2 aromatic rings. The summed E-state index contributed by atoms with van der Waals surface area (Å²) in [5.41, 5.74) is 2.88. The normalized spacial score (nSPS) is 19.4. The third kappa shape index (κ3) is 3.66. The van der Waals surface area contributed by atoms with Crippen molar-refractivity contribution < 1.29 is 14.6 Å². The van der Waals surface area contributed by atoms with E-state index in [1.165, 1.54) is 0 Å². The number of carboxylic acids is 1. The number of carbonyl (C=O) groups is 1. The maximum atomic E-state index is 11.8. The molecule has 2 atom stereocenters. The van der Waals surface area contributed by atoms with Crippen molar-refractivity contribution in [1.82, 2.24) is 9.88 Å². The smallest absolute Gasteiger partial charge is 0.320 e. The highest BCUT2D eigenvalue weighted by atomic mass is 16.5. The SMILES string of the molecule is COc1ccccc1C(c1ccc(C)cn1)N1CCCCC1C(=O)O. The van der Waals surface area contributed by atoms with Gasteiger partial charge in [0.2, 0.25) is 0 Å². The summed E-state index contributed by atoms with van der Waals surface area (Å²) < 4.78 is 5.56. The minimum Gasteiger partial charge on any atom is -0.496 e. The average molecular weight is 340 g/mol. The predicted molar refractivity (Wildman–Crippen MR) is 95.8 cm³/mol. The minimum absolute atomic E-state index is 0.238. The molecule has 3 rings (SSSR count). The molecule has 1 saturated heterocycles. The number of carboxylic acid groups (broad SMARTS) is 1. The van der Waals surface area contributed by atoms with Crippen LogP contribution in [0, 0.1) is 6.92 Å². The third-order valence-corrected chi connectivity index (χ3v) is 4.81. The average Bonchev–Trinajstić information content (AvgIpc) is 2.64. The van der Waals surface area contributed by atoms with Crippen molar-refractivity contribution in [3.8, 4) is 5.75 Å². The molecule has 132 valence electrons. The fraction of sp³-hybridized carbons (Fsp3) is 0.400. The molecule has 1 aromatic heterocycles. The number of pyridine rings is 1. The Morgan fingerprint density at radius 1 is 1.28 bits per heavy atom. The van der Waals surface area contributed by atoms with Crippen LogP contribution in [0.25, 0.3) is 0 Å². The number of aromatic nitrogens is 1. The summed E-state index contributed by atoms with van der Waals surface area (Å²) in [6, 6.07) is 11.1. The van der Waals surface area contributed by atoms with Crippen molar-refractivity contribution in [2.24, 2.45) is 0 Å². The van der Waals surface area contributed by atoms with E-state index in [2.05, 4.69) is 9.88 Å². The highest BCUT2D eigenvalue weighted by Gasteiger charge is 2.36. The van der Waals surface area contributed by atoms with E-state index in [0.717, 1.165) is 42.0 Å². The maximum absolute atomic E-state index is 11.8. The van der Waals surface area contributed by atoms with Gasteiger partial charge in [0.05, 0.1) is 18.8 Å². The molecule has 1 fully saturated rings. The van der Waals surface area contributed by atoms with E-state index in [0.29, 0.717) is 6.42 Å². The molecule has 0 spiro atoms. The van der Waals surface area contributed by atoms with Gasteiger partial charge in [-0.15, -0.1) is 0 Å². The van der Waals surface area contributed by atoms with E-state index in [1.54, 1.807) is 7.11 Å². The van der Waals surface area contributed by atoms with Gasteiger partial charge in [-0.05, 0) is 44.0 Å². The topological polar surface area (TPSA) is 62.7 Å². The number of para-hydroxylation sites is 1. The van der Waals surface area contributed by atoms with E-state index in [-0.39, 0.29) is 6.04 Å². The number of benzene rings is 1. The summed E-state index contributed by atoms with van der Waals surface area (Å²) in [6.45, 7) is 2.73. The van der Waals surface area contributed by atoms with Gasteiger partial charge in [-0.3, -0.25) is 14.7 Å². The molecule has 0 radical (unpaired) electrons. The summed E-state index contributed by atoms with van der Waals surface area (Å²) in [7, 11) is 1.64. The molecule has 5 nitrogen and oxygen atoms in total. The molecule has 1 N–H and O–H groups in total. The van der Waals surface area contributed by atoms with E-state index in [4.69, 9.17) is 4.74 Å². The summed E-state index contributed by atoms with van der Waals surface area (Å²) in [6.07, 6.45) is 4.42. The van der Waals surface area contributed by atoms with Gasteiger partial charge in [-0.25, -0.2) is 0 Å². The Hall–Kier alpha value is -2.40. The lowest BCUT2D eigenvalue weighted by molar-refractivity contribution is -0.145. The Morgan fingerprint density at radius 2 is 2.08 bits per heavy atom. The van der Waals surface area contributed by atoms with Crippen LogP contribution in [0.5, 0.6) is 5.75 Å². The quantitative estimate of drug-likeness (QED) is 0.903. The number of hydrogen-bond donors (Lipinski definition) is 1. The van der Waals surface area contributed by atoms with Crippen LogP contribution in [-0.2, 0) is 4.79 Å². The first-order valence-corrected chi connectivity index (χ1v) is 8.66. The summed E-state index contributed by atoms with van der Waals surface area (Å²) in [5, 5.41) is 9.73. The fourth-order valence-corrected chi connectivity index (χ4v) is 3.57. The second-order valence-electron chi connectivity index (χ2n) is 6.49. The van der Waals surface area contributed by atoms with Crippen LogP contribution in [0.1, 0.15) is 42.1 Å². The number of ether oxygens (including phenoxy) is 1. The summed E-state index contributed by atoms with van der Waals surface area (Å²) in [5.74, 6) is -0.0173. The lowest BCUT2D eigenvalue weighted by Crippen LogP contribution is -2.47. The molecule has 5 heteroatoms. The number of methoxy groups -OCH3 is 1. The van der Waals surface area contributed by atoms with Crippen LogP contribution in [0.15, 0.2) is 42.6 Å². The van der Waals surface area contributed by atoms with Crippen molar-refractivity contribution in [2.75, 3.05) is 13.7 Å². The van der Waals surface area contributed by atoms with Crippen LogP contribution in [0.2, 0.25) is 0 Å². The summed E-state index contributed by atoms with van der Waals surface area (Å²) >= 11 is 0. The summed E-state index contributed by atoms with van der Waals surface area (Å²) in [4.78, 5) is 18.5. The predicted octanol–water partition coefficient (Wildman–Crippen LogP) is 3.43. The maximum Gasteiger partial charge on any atom is 0.320 e. The highest BCUT2D eigenvalue weighted by Crippen LogP contribution is 2.37. The van der Waals surface area contributed by atoms with E-state index in [9.17, 15) is 9.90 Å². The molecule has 1 aliphatic heterocycles. The Morgan fingerprint density at radius 3 is 2.76 bits per heavy atom. The zero-order valence-corrected chi connectivity index (χ0v) is 14.7. The highest BCUT2D eigenvalue weighted by molar-refractivity contribution is 5.73. The number of likely N-dealkylation sites (tertiary alicyclic amines) is 1. The zero-order chi connectivity index (χ0) is 17.8. The van der Waals surface area contributed by atoms with Crippen LogP contribution in [-0.4, -0.2) is 40.7 Å². The van der Waals surface area contributed by atoms with Crippen LogP contribution in [0.3, 0.4) is 0 Å². The number of aliphatic carboxylic acids is 1. The number of hydrogen-bond acceptors (Lipinski definition) is 4. The van der Waals surface area contributed by atoms with Gasteiger partial charge in [-0.2, -0.15) is 0 Å². The van der Waals surface area contributed by atoms with Crippen molar-refractivity contribution >= 4 is 5.97 Å². The molecule has 0 amide bonds. The lowest BCUT2D eigenvalue weighted by Gasteiger charge is -2.39. The third-order valence-electron chi connectivity index (χ3n) is 4.81.